The van der Waals surface area contributed by atoms with E-state index in [0.717, 1.165) is 17.1 Å². The van der Waals surface area contributed by atoms with Gasteiger partial charge in [-0.25, -0.2) is 4.79 Å². The van der Waals surface area contributed by atoms with Crippen LogP contribution in [0.15, 0.2) is 29.4 Å². The summed E-state index contributed by atoms with van der Waals surface area (Å²) < 4.78 is 7.02. The van der Waals surface area contributed by atoms with Gasteiger partial charge in [-0.3, -0.25) is 9.36 Å². The fourth-order valence-corrected chi connectivity index (χ4v) is 4.11. The lowest BCUT2D eigenvalue weighted by atomic mass is 10.1. The lowest BCUT2D eigenvalue weighted by Crippen LogP contribution is -2.09. The largest absolute Gasteiger partial charge is 0.462 e. The molecule has 0 aliphatic heterocycles. The third kappa shape index (κ3) is 4.27. The quantitative estimate of drug-likeness (QED) is 0.359. The Labute approximate surface area is 173 Å². The first-order valence-corrected chi connectivity index (χ1v) is 10.3. The summed E-state index contributed by atoms with van der Waals surface area (Å²) in [5.41, 5.74) is 4.19. The van der Waals surface area contributed by atoms with Gasteiger partial charge in [-0.15, -0.1) is 10.2 Å². The Balaban J connectivity index is 1.81. The third-order valence-electron chi connectivity index (χ3n) is 4.58. The van der Waals surface area contributed by atoms with Gasteiger partial charge in [-0.2, -0.15) is 0 Å². The van der Waals surface area contributed by atoms with Gasteiger partial charge >= 0.3 is 5.97 Å². The SMILES string of the molecule is CCOC(=O)c1c(C)[nH]c(C(=O)CSc2nnc(C)n2-c2cccc(C)c2)c1C. The van der Waals surface area contributed by atoms with Gasteiger partial charge in [-0.1, -0.05) is 23.9 Å². The predicted octanol–water partition coefficient (Wildman–Crippen LogP) is 3.98. The van der Waals surface area contributed by atoms with Crippen molar-refractivity contribution in [1.82, 2.24) is 19.7 Å². The fourth-order valence-electron chi connectivity index (χ4n) is 3.24. The van der Waals surface area contributed by atoms with Crippen molar-refractivity contribution in [3.63, 3.8) is 0 Å². The standard InChI is InChI=1S/C21H24N4O3S/c1-6-28-20(27)18-13(3)19(22-14(18)4)17(26)11-29-21-24-23-15(5)25(21)16-9-7-8-12(2)10-16/h7-10,22H,6,11H2,1-5H3. The van der Waals surface area contributed by atoms with E-state index in [9.17, 15) is 9.59 Å². The number of thioether (sulfide) groups is 1. The zero-order valence-corrected chi connectivity index (χ0v) is 18.0. The highest BCUT2D eigenvalue weighted by Gasteiger charge is 2.23. The molecule has 1 aromatic carbocycles. The van der Waals surface area contributed by atoms with Crippen molar-refractivity contribution in [2.24, 2.45) is 0 Å². The number of aromatic amines is 1. The summed E-state index contributed by atoms with van der Waals surface area (Å²) in [4.78, 5) is 28.0. The van der Waals surface area contributed by atoms with Gasteiger partial charge in [0.05, 0.1) is 23.6 Å². The van der Waals surface area contributed by atoms with Crippen LogP contribution in [0.3, 0.4) is 0 Å². The van der Waals surface area contributed by atoms with Gasteiger partial charge in [-0.05, 0) is 57.9 Å². The second kappa shape index (κ2) is 8.65. The number of nitrogens with one attached hydrogen (secondary N) is 1. The summed E-state index contributed by atoms with van der Waals surface area (Å²) in [5.74, 6) is 0.400. The number of hydrogen-bond donors (Lipinski definition) is 1. The average Bonchev–Trinajstić information content (AvgIpc) is 3.19. The Morgan fingerprint density at radius 1 is 1.17 bits per heavy atom. The van der Waals surface area contributed by atoms with E-state index < -0.39 is 5.97 Å². The molecule has 0 aliphatic rings. The van der Waals surface area contributed by atoms with Crippen LogP contribution in [0.25, 0.3) is 5.69 Å². The van der Waals surface area contributed by atoms with Gasteiger partial charge < -0.3 is 9.72 Å². The predicted molar refractivity (Wildman–Crippen MR) is 112 cm³/mol. The molecule has 0 saturated carbocycles. The second-order valence-corrected chi connectivity index (χ2v) is 7.70. The molecule has 3 rings (SSSR count). The molecule has 0 bridgehead atoms. The number of carbonyl (C=O) groups is 2. The van der Waals surface area contributed by atoms with Gasteiger partial charge in [0.25, 0.3) is 0 Å². The molecule has 1 N–H and O–H groups in total. The molecule has 0 atom stereocenters. The van der Waals surface area contributed by atoms with Crippen LogP contribution < -0.4 is 0 Å². The summed E-state index contributed by atoms with van der Waals surface area (Å²) >= 11 is 1.32. The van der Waals surface area contributed by atoms with Crippen molar-refractivity contribution < 1.29 is 14.3 Å². The molecule has 0 fully saturated rings. The molecule has 0 spiro atoms. The first-order valence-electron chi connectivity index (χ1n) is 9.34. The van der Waals surface area contributed by atoms with Crippen molar-refractivity contribution in [2.45, 2.75) is 39.8 Å². The van der Waals surface area contributed by atoms with Crippen LogP contribution in [-0.4, -0.2) is 43.9 Å². The first-order chi connectivity index (χ1) is 13.8. The summed E-state index contributed by atoms with van der Waals surface area (Å²) in [7, 11) is 0. The molecular formula is C21H24N4O3S. The highest BCUT2D eigenvalue weighted by Crippen LogP contribution is 2.25. The molecule has 2 heterocycles. The van der Waals surface area contributed by atoms with E-state index in [0.29, 0.717) is 27.7 Å². The van der Waals surface area contributed by atoms with Gasteiger partial charge in [0.15, 0.2) is 10.9 Å². The number of aryl methyl sites for hydroxylation is 3. The minimum absolute atomic E-state index is 0.109. The van der Waals surface area contributed by atoms with E-state index >= 15 is 0 Å². The Hall–Kier alpha value is -2.87. The zero-order chi connectivity index (χ0) is 21.1. The number of rotatable bonds is 7. The number of nitrogens with zero attached hydrogens (tertiary/aromatic N) is 3. The molecule has 7 nitrogen and oxygen atoms in total. The van der Waals surface area contributed by atoms with Crippen LogP contribution in [0.5, 0.6) is 0 Å². The van der Waals surface area contributed by atoms with Crippen molar-refractivity contribution in [3.8, 4) is 5.69 Å². The number of ketones is 1. The number of Topliss-reactive ketones (excluding diaryl/α,β-unsaturated/α-hetero) is 1. The lowest BCUT2D eigenvalue weighted by Gasteiger charge is -2.09. The molecule has 3 aromatic rings. The molecule has 0 aliphatic carbocycles. The van der Waals surface area contributed by atoms with Crippen molar-refractivity contribution in [3.05, 3.63) is 58.2 Å². The molecule has 8 heteroatoms. The van der Waals surface area contributed by atoms with E-state index in [2.05, 4.69) is 15.2 Å². The van der Waals surface area contributed by atoms with Crippen LogP contribution in [0.2, 0.25) is 0 Å². The highest BCUT2D eigenvalue weighted by atomic mass is 32.2. The van der Waals surface area contributed by atoms with Gasteiger partial charge in [0, 0.05) is 11.4 Å². The third-order valence-corrected chi connectivity index (χ3v) is 5.51. The van der Waals surface area contributed by atoms with E-state index in [4.69, 9.17) is 4.74 Å². The maximum absolute atomic E-state index is 12.8. The molecule has 0 radical (unpaired) electrons. The maximum atomic E-state index is 12.8. The fraction of sp³-hybridized carbons (Fsp3) is 0.333. The van der Waals surface area contributed by atoms with Gasteiger partial charge in [0.2, 0.25) is 0 Å². The van der Waals surface area contributed by atoms with Crippen LogP contribution in [-0.2, 0) is 4.74 Å². The second-order valence-electron chi connectivity index (χ2n) is 6.76. The Bertz CT molecular complexity index is 1070. The number of hydrogen-bond acceptors (Lipinski definition) is 6. The highest BCUT2D eigenvalue weighted by molar-refractivity contribution is 7.99. The van der Waals surface area contributed by atoms with E-state index in [-0.39, 0.29) is 18.1 Å². The molecule has 0 saturated heterocycles. The number of H-pyrrole nitrogens is 1. The molecule has 29 heavy (non-hydrogen) atoms. The maximum Gasteiger partial charge on any atom is 0.340 e. The summed E-state index contributed by atoms with van der Waals surface area (Å²) in [5, 5.41) is 9.04. The van der Waals surface area contributed by atoms with Crippen molar-refractivity contribution >= 4 is 23.5 Å². The number of aromatic nitrogens is 4. The monoisotopic (exact) mass is 412 g/mol. The van der Waals surface area contributed by atoms with Crippen LogP contribution in [0, 0.1) is 27.7 Å². The Kier molecular flexibility index (Phi) is 6.22. The Morgan fingerprint density at radius 3 is 2.62 bits per heavy atom. The van der Waals surface area contributed by atoms with E-state index in [1.807, 2.05) is 42.7 Å². The normalized spacial score (nSPS) is 10.9. The minimum Gasteiger partial charge on any atom is -0.462 e. The number of benzene rings is 1. The summed E-state index contributed by atoms with van der Waals surface area (Å²) in [6.07, 6.45) is 0. The zero-order valence-electron chi connectivity index (χ0n) is 17.2. The van der Waals surface area contributed by atoms with Crippen LogP contribution in [0.1, 0.15) is 50.4 Å². The van der Waals surface area contributed by atoms with Crippen LogP contribution >= 0.6 is 11.8 Å². The van der Waals surface area contributed by atoms with E-state index in [1.165, 1.54) is 11.8 Å². The molecule has 2 aromatic heterocycles. The first kappa shape index (κ1) is 20.9. The molecular weight excluding hydrogens is 388 g/mol. The number of carbonyl (C=O) groups excluding carboxylic acids is 2. The number of ether oxygens (including phenoxy) is 1. The minimum atomic E-state index is -0.416. The lowest BCUT2D eigenvalue weighted by molar-refractivity contribution is 0.0525. The van der Waals surface area contributed by atoms with Crippen LogP contribution in [0.4, 0.5) is 0 Å². The van der Waals surface area contributed by atoms with E-state index in [1.54, 1.807) is 20.8 Å². The summed E-state index contributed by atoms with van der Waals surface area (Å²) in [6, 6.07) is 8.04. The summed E-state index contributed by atoms with van der Waals surface area (Å²) in [6.45, 7) is 9.47. The smallest absolute Gasteiger partial charge is 0.340 e. The van der Waals surface area contributed by atoms with Crippen molar-refractivity contribution in [2.75, 3.05) is 12.4 Å². The number of esters is 1. The van der Waals surface area contributed by atoms with Crippen molar-refractivity contribution in [1.29, 1.82) is 0 Å². The topological polar surface area (TPSA) is 89.9 Å². The molecule has 152 valence electrons. The molecule has 0 amide bonds. The Morgan fingerprint density at radius 2 is 1.93 bits per heavy atom. The average molecular weight is 413 g/mol. The molecule has 0 unspecified atom stereocenters. The van der Waals surface area contributed by atoms with Gasteiger partial charge in [0.1, 0.15) is 5.82 Å².